The topological polar surface area (TPSA) is 93.0 Å². The second kappa shape index (κ2) is 6.27. The van der Waals surface area contributed by atoms with Crippen molar-refractivity contribution in [3.8, 4) is 17.2 Å². The smallest absolute Gasteiger partial charge is 0.200 e. The summed E-state index contributed by atoms with van der Waals surface area (Å²) in [6.45, 7) is 0.287. The highest BCUT2D eigenvalue weighted by Crippen LogP contribution is 2.41. The van der Waals surface area contributed by atoms with E-state index in [9.17, 15) is 15.3 Å². The number of hydrogen-bond acceptors (Lipinski definition) is 5. The van der Waals surface area contributed by atoms with E-state index in [1.165, 1.54) is 12.1 Å². The molecule has 1 atom stereocenters. The SMILES string of the molecule is OCCNC(c1ccccc1)c1ccc(O)c(O)c1O. The van der Waals surface area contributed by atoms with E-state index in [4.69, 9.17) is 5.11 Å². The van der Waals surface area contributed by atoms with Gasteiger partial charge in [0.05, 0.1) is 12.6 Å². The van der Waals surface area contributed by atoms with Gasteiger partial charge < -0.3 is 25.7 Å². The number of benzene rings is 2. The van der Waals surface area contributed by atoms with Gasteiger partial charge in [0.25, 0.3) is 0 Å². The first kappa shape index (κ1) is 14.2. The number of aliphatic hydroxyl groups is 1. The van der Waals surface area contributed by atoms with Gasteiger partial charge in [-0.05, 0) is 17.7 Å². The third-order valence-corrected chi connectivity index (χ3v) is 3.07. The van der Waals surface area contributed by atoms with Gasteiger partial charge in [-0.1, -0.05) is 30.3 Å². The lowest BCUT2D eigenvalue weighted by atomic mass is 9.97. The van der Waals surface area contributed by atoms with E-state index >= 15 is 0 Å². The van der Waals surface area contributed by atoms with Crippen molar-refractivity contribution >= 4 is 0 Å². The monoisotopic (exact) mass is 275 g/mol. The van der Waals surface area contributed by atoms with Gasteiger partial charge in [-0.2, -0.15) is 0 Å². The van der Waals surface area contributed by atoms with E-state index in [1.807, 2.05) is 30.3 Å². The molecular formula is C15H17NO4. The molecule has 0 saturated carbocycles. The van der Waals surface area contributed by atoms with Gasteiger partial charge in [0.1, 0.15) is 0 Å². The number of phenolic OH excluding ortho intramolecular Hbond substituents is 3. The number of aliphatic hydroxyl groups excluding tert-OH is 1. The van der Waals surface area contributed by atoms with Crippen LogP contribution in [0.2, 0.25) is 0 Å². The molecule has 2 rings (SSSR count). The fourth-order valence-electron chi connectivity index (χ4n) is 2.08. The molecule has 106 valence electrons. The molecule has 0 fully saturated rings. The van der Waals surface area contributed by atoms with Crippen LogP contribution in [0.15, 0.2) is 42.5 Å². The maximum absolute atomic E-state index is 10.00. The summed E-state index contributed by atoms with van der Waals surface area (Å²) in [6, 6.07) is 11.8. The van der Waals surface area contributed by atoms with Crippen molar-refractivity contribution in [2.45, 2.75) is 6.04 Å². The Kier molecular flexibility index (Phi) is 4.45. The highest BCUT2D eigenvalue weighted by atomic mass is 16.3. The molecule has 0 radical (unpaired) electrons. The van der Waals surface area contributed by atoms with Crippen LogP contribution in [0.1, 0.15) is 17.2 Å². The minimum atomic E-state index is -0.547. The molecule has 0 aliphatic heterocycles. The van der Waals surface area contributed by atoms with Crippen LogP contribution in [-0.4, -0.2) is 33.6 Å². The molecule has 2 aromatic carbocycles. The molecule has 0 amide bonds. The summed E-state index contributed by atoms with van der Waals surface area (Å²) in [5.41, 5.74) is 1.31. The minimum Gasteiger partial charge on any atom is -0.504 e. The summed E-state index contributed by atoms with van der Waals surface area (Å²) in [5, 5.41) is 41.1. The zero-order chi connectivity index (χ0) is 14.5. The van der Waals surface area contributed by atoms with Crippen LogP contribution in [-0.2, 0) is 0 Å². The number of rotatable bonds is 5. The molecule has 2 aromatic rings. The molecule has 1 unspecified atom stereocenters. The summed E-state index contributed by atoms with van der Waals surface area (Å²) in [4.78, 5) is 0. The molecule has 0 aromatic heterocycles. The second-order valence-corrected chi connectivity index (χ2v) is 4.39. The predicted octanol–water partition coefficient (Wildman–Crippen LogP) is 1.47. The molecule has 0 aliphatic carbocycles. The Morgan fingerprint density at radius 1 is 0.900 bits per heavy atom. The Morgan fingerprint density at radius 2 is 1.60 bits per heavy atom. The summed E-state index contributed by atoms with van der Waals surface area (Å²) in [5.74, 6) is -1.29. The van der Waals surface area contributed by atoms with Crippen molar-refractivity contribution in [2.24, 2.45) is 0 Å². The minimum absolute atomic E-state index is 0.0475. The van der Waals surface area contributed by atoms with Crippen LogP contribution in [0.25, 0.3) is 0 Å². The van der Waals surface area contributed by atoms with Gasteiger partial charge in [0.2, 0.25) is 5.75 Å². The normalized spacial score (nSPS) is 12.2. The number of phenols is 3. The molecule has 0 spiro atoms. The van der Waals surface area contributed by atoms with Crippen LogP contribution in [0, 0.1) is 0 Å². The maximum Gasteiger partial charge on any atom is 0.200 e. The van der Waals surface area contributed by atoms with Gasteiger partial charge >= 0.3 is 0 Å². The zero-order valence-corrected chi connectivity index (χ0v) is 10.8. The van der Waals surface area contributed by atoms with E-state index in [-0.39, 0.29) is 18.1 Å². The van der Waals surface area contributed by atoms with Crippen LogP contribution in [0.3, 0.4) is 0 Å². The molecule has 5 heteroatoms. The second-order valence-electron chi connectivity index (χ2n) is 4.39. The Balaban J connectivity index is 2.44. The first-order chi connectivity index (χ1) is 9.65. The van der Waals surface area contributed by atoms with E-state index in [1.54, 1.807) is 0 Å². The van der Waals surface area contributed by atoms with Crippen LogP contribution >= 0.6 is 0 Å². The van der Waals surface area contributed by atoms with Crippen LogP contribution in [0.4, 0.5) is 0 Å². The van der Waals surface area contributed by atoms with Crippen molar-refractivity contribution in [2.75, 3.05) is 13.2 Å². The average molecular weight is 275 g/mol. The predicted molar refractivity (Wildman–Crippen MR) is 74.8 cm³/mol. The van der Waals surface area contributed by atoms with Crippen molar-refractivity contribution < 1.29 is 20.4 Å². The number of aromatic hydroxyl groups is 3. The molecule has 5 N–H and O–H groups in total. The van der Waals surface area contributed by atoms with Gasteiger partial charge in [0, 0.05) is 12.1 Å². The van der Waals surface area contributed by atoms with Gasteiger partial charge in [-0.25, -0.2) is 0 Å². The quantitative estimate of drug-likeness (QED) is 0.533. The lowest BCUT2D eigenvalue weighted by Crippen LogP contribution is -2.25. The van der Waals surface area contributed by atoms with Crippen molar-refractivity contribution in [1.29, 1.82) is 0 Å². The molecule has 0 bridgehead atoms. The van der Waals surface area contributed by atoms with Crippen molar-refractivity contribution in [3.05, 3.63) is 53.6 Å². The van der Waals surface area contributed by atoms with Gasteiger partial charge in [-0.15, -0.1) is 0 Å². The molecule has 5 nitrogen and oxygen atoms in total. The standard InChI is InChI=1S/C15H17NO4/c17-9-8-16-13(10-4-2-1-3-5-10)11-6-7-12(18)15(20)14(11)19/h1-7,13,16-20H,8-9H2. The zero-order valence-electron chi connectivity index (χ0n) is 10.8. The molecule has 0 aliphatic rings. The lowest BCUT2D eigenvalue weighted by molar-refractivity contribution is 0.287. The highest BCUT2D eigenvalue weighted by Gasteiger charge is 2.20. The van der Waals surface area contributed by atoms with Crippen LogP contribution in [0.5, 0.6) is 17.2 Å². The average Bonchev–Trinajstić information content (AvgIpc) is 2.48. The Hall–Kier alpha value is -2.24. The summed E-state index contributed by atoms with van der Waals surface area (Å²) in [7, 11) is 0. The Bertz CT molecular complexity index is 572. The van der Waals surface area contributed by atoms with E-state index in [0.717, 1.165) is 5.56 Å². The first-order valence-corrected chi connectivity index (χ1v) is 6.28. The highest BCUT2D eigenvalue weighted by molar-refractivity contribution is 5.55. The fraction of sp³-hybridized carbons (Fsp3) is 0.200. The van der Waals surface area contributed by atoms with Gasteiger partial charge in [0.15, 0.2) is 11.5 Å². The van der Waals surface area contributed by atoms with E-state index < -0.39 is 11.8 Å². The van der Waals surface area contributed by atoms with Gasteiger partial charge in [-0.3, -0.25) is 0 Å². The van der Waals surface area contributed by atoms with Crippen LogP contribution < -0.4 is 5.32 Å². The third-order valence-electron chi connectivity index (χ3n) is 3.07. The Morgan fingerprint density at radius 3 is 2.25 bits per heavy atom. The fourth-order valence-corrected chi connectivity index (χ4v) is 2.08. The number of hydrogen-bond donors (Lipinski definition) is 5. The molecule has 0 heterocycles. The first-order valence-electron chi connectivity index (χ1n) is 6.28. The summed E-state index contributed by atoms with van der Waals surface area (Å²) < 4.78 is 0. The Labute approximate surface area is 116 Å². The molecular weight excluding hydrogens is 258 g/mol. The lowest BCUT2D eigenvalue weighted by Gasteiger charge is -2.21. The van der Waals surface area contributed by atoms with E-state index in [0.29, 0.717) is 12.1 Å². The largest absolute Gasteiger partial charge is 0.504 e. The van der Waals surface area contributed by atoms with E-state index in [2.05, 4.69) is 5.32 Å². The number of nitrogens with one attached hydrogen (secondary N) is 1. The third kappa shape index (κ3) is 2.84. The summed E-state index contributed by atoms with van der Waals surface area (Å²) in [6.07, 6.45) is 0. The van der Waals surface area contributed by atoms with Crippen molar-refractivity contribution in [1.82, 2.24) is 5.32 Å². The maximum atomic E-state index is 10.00. The molecule has 0 saturated heterocycles. The molecule has 20 heavy (non-hydrogen) atoms. The summed E-state index contributed by atoms with van der Waals surface area (Å²) >= 11 is 0. The van der Waals surface area contributed by atoms with Crippen molar-refractivity contribution in [3.63, 3.8) is 0 Å².